The Morgan fingerprint density at radius 2 is 1.74 bits per heavy atom. The van der Waals surface area contributed by atoms with Crippen LogP contribution in [0.1, 0.15) is 66.2 Å². The van der Waals surface area contributed by atoms with Gasteiger partial charge in [0.05, 0.1) is 12.8 Å². The summed E-state index contributed by atoms with van der Waals surface area (Å²) in [5.41, 5.74) is 5.47. The van der Waals surface area contributed by atoms with Crippen molar-refractivity contribution in [1.29, 1.82) is 0 Å². The third-order valence-corrected chi connectivity index (χ3v) is 4.02. The van der Waals surface area contributed by atoms with E-state index in [1.165, 1.54) is 0 Å². The van der Waals surface area contributed by atoms with Crippen LogP contribution in [-0.4, -0.2) is 30.4 Å². The largest absolute Gasteiger partial charge is 0.466 e. The molecule has 0 heterocycles. The Balaban J connectivity index is 2.24. The fraction of sp³-hybridized carbons (Fsp3) is 0.882. The average molecular weight is 328 g/mol. The van der Waals surface area contributed by atoms with Crippen LogP contribution in [0.3, 0.4) is 0 Å². The summed E-state index contributed by atoms with van der Waals surface area (Å²) < 4.78 is 10.2. The predicted octanol–water partition coefficient (Wildman–Crippen LogP) is 2.95. The van der Waals surface area contributed by atoms with Crippen molar-refractivity contribution in [2.75, 3.05) is 6.61 Å². The smallest absolute Gasteiger partial charge is 0.408 e. The van der Waals surface area contributed by atoms with Crippen LogP contribution < -0.4 is 11.1 Å². The quantitative estimate of drug-likeness (QED) is 0.578. The molecule has 6 nitrogen and oxygen atoms in total. The van der Waals surface area contributed by atoms with Gasteiger partial charge < -0.3 is 20.5 Å². The number of esters is 1. The molecule has 3 N–H and O–H groups in total. The molecule has 1 fully saturated rings. The molecule has 0 radical (unpaired) electrons. The number of alkyl carbamates (subject to hydrolysis) is 1. The minimum atomic E-state index is -0.519. The van der Waals surface area contributed by atoms with E-state index in [1.54, 1.807) is 0 Å². The van der Waals surface area contributed by atoms with Crippen LogP contribution in [0.4, 0.5) is 4.79 Å². The minimum absolute atomic E-state index is 0.0979. The van der Waals surface area contributed by atoms with Gasteiger partial charge in [0.2, 0.25) is 0 Å². The number of carbonyl (C=O) groups is 2. The molecule has 0 aromatic heterocycles. The maximum Gasteiger partial charge on any atom is 0.408 e. The van der Waals surface area contributed by atoms with Gasteiger partial charge in [-0.2, -0.15) is 0 Å². The van der Waals surface area contributed by atoms with E-state index in [1.807, 2.05) is 27.7 Å². The molecule has 1 saturated carbocycles. The molecule has 0 aromatic rings. The number of amides is 1. The van der Waals surface area contributed by atoms with Crippen LogP contribution in [0, 0.1) is 11.8 Å². The van der Waals surface area contributed by atoms with Crippen LogP contribution in [0.25, 0.3) is 0 Å². The summed E-state index contributed by atoms with van der Waals surface area (Å²) in [5.74, 6) is 0.804. The van der Waals surface area contributed by atoms with E-state index in [4.69, 9.17) is 15.2 Å². The summed E-state index contributed by atoms with van der Waals surface area (Å²) in [6.45, 7) is 7.74. The fourth-order valence-corrected chi connectivity index (χ4v) is 3.00. The minimum Gasteiger partial charge on any atom is -0.466 e. The van der Waals surface area contributed by atoms with Crippen molar-refractivity contribution in [1.82, 2.24) is 5.32 Å². The summed E-state index contributed by atoms with van der Waals surface area (Å²) >= 11 is 0. The van der Waals surface area contributed by atoms with E-state index in [0.29, 0.717) is 24.9 Å². The number of carbonyl (C=O) groups excluding carboxylic acids is 2. The first kappa shape index (κ1) is 19.7. The number of rotatable bonds is 6. The Morgan fingerprint density at radius 1 is 1.17 bits per heavy atom. The summed E-state index contributed by atoms with van der Waals surface area (Å²) in [6.07, 6.45) is 4.50. The maximum absolute atomic E-state index is 11.7. The van der Waals surface area contributed by atoms with Gasteiger partial charge >= 0.3 is 12.1 Å². The number of nitrogens with one attached hydrogen (secondary N) is 1. The van der Waals surface area contributed by atoms with E-state index in [9.17, 15) is 9.59 Å². The van der Waals surface area contributed by atoms with Gasteiger partial charge in [-0.25, -0.2) is 4.79 Å². The highest BCUT2D eigenvalue weighted by Crippen LogP contribution is 2.33. The van der Waals surface area contributed by atoms with E-state index in [0.717, 1.165) is 32.1 Å². The first-order chi connectivity index (χ1) is 10.7. The molecule has 0 saturated heterocycles. The molecule has 0 spiro atoms. The lowest BCUT2D eigenvalue weighted by Gasteiger charge is -2.30. The summed E-state index contributed by atoms with van der Waals surface area (Å²) in [4.78, 5) is 23.2. The Kier molecular flexibility index (Phi) is 7.82. The lowest BCUT2D eigenvalue weighted by molar-refractivity contribution is -0.144. The maximum atomic E-state index is 11.7. The third kappa shape index (κ3) is 8.79. The normalized spacial score (nSPS) is 23.0. The molecule has 134 valence electrons. The first-order valence-corrected chi connectivity index (χ1v) is 8.60. The molecule has 1 amide bonds. The summed E-state index contributed by atoms with van der Waals surface area (Å²) in [5, 5.41) is 2.69. The van der Waals surface area contributed by atoms with Crippen molar-refractivity contribution in [2.45, 2.75) is 78.0 Å². The van der Waals surface area contributed by atoms with E-state index >= 15 is 0 Å². The lowest BCUT2D eigenvalue weighted by atomic mass is 9.79. The van der Waals surface area contributed by atoms with Crippen LogP contribution in [0.2, 0.25) is 0 Å². The molecule has 23 heavy (non-hydrogen) atoms. The van der Waals surface area contributed by atoms with Gasteiger partial charge in [0.1, 0.15) is 5.60 Å². The standard InChI is InChI=1S/C17H32N2O4/c1-5-22-15(20)11-13-8-6-12(7-9-13)10-14(18)19-16(21)23-17(2,3)4/h12-14H,5-11,18H2,1-4H3,(H,19,21). The topological polar surface area (TPSA) is 90.6 Å². The Morgan fingerprint density at radius 3 is 2.26 bits per heavy atom. The van der Waals surface area contributed by atoms with Crippen molar-refractivity contribution in [2.24, 2.45) is 17.6 Å². The van der Waals surface area contributed by atoms with Gasteiger partial charge in [-0.15, -0.1) is 0 Å². The molecule has 1 unspecified atom stereocenters. The number of hydrogen-bond donors (Lipinski definition) is 2. The zero-order valence-electron chi connectivity index (χ0n) is 14.9. The second kappa shape index (κ2) is 9.11. The summed E-state index contributed by atoms with van der Waals surface area (Å²) in [6, 6.07) is 0. The number of nitrogens with two attached hydrogens (primary N) is 1. The zero-order valence-corrected chi connectivity index (χ0v) is 14.9. The highest BCUT2D eigenvalue weighted by Gasteiger charge is 2.26. The molecule has 1 atom stereocenters. The molecule has 6 heteroatoms. The van der Waals surface area contributed by atoms with E-state index < -0.39 is 17.9 Å². The molecule has 1 aliphatic carbocycles. The van der Waals surface area contributed by atoms with Crippen LogP contribution in [0.5, 0.6) is 0 Å². The fourth-order valence-electron chi connectivity index (χ4n) is 3.00. The lowest BCUT2D eigenvalue weighted by Crippen LogP contribution is -2.45. The Bertz CT molecular complexity index is 385. The monoisotopic (exact) mass is 328 g/mol. The zero-order chi connectivity index (χ0) is 17.5. The second-order valence-corrected chi connectivity index (χ2v) is 7.38. The SMILES string of the molecule is CCOC(=O)CC1CCC(CC(N)NC(=O)OC(C)(C)C)CC1. The Labute approximate surface area is 139 Å². The average Bonchev–Trinajstić information content (AvgIpc) is 2.38. The van der Waals surface area contributed by atoms with Crippen LogP contribution >= 0.6 is 0 Å². The van der Waals surface area contributed by atoms with Gasteiger partial charge in [-0.05, 0) is 58.8 Å². The van der Waals surface area contributed by atoms with Crippen molar-refractivity contribution in [3.63, 3.8) is 0 Å². The molecule has 0 aliphatic heterocycles. The van der Waals surface area contributed by atoms with Gasteiger partial charge in [0, 0.05) is 6.42 Å². The van der Waals surface area contributed by atoms with Gasteiger partial charge in [-0.1, -0.05) is 12.8 Å². The van der Waals surface area contributed by atoms with Crippen LogP contribution in [-0.2, 0) is 14.3 Å². The third-order valence-electron chi connectivity index (χ3n) is 4.02. The second-order valence-electron chi connectivity index (χ2n) is 7.38. The van der Waals surface area contributed by atoms with E-state index in [2.05, 4.69) is 5.32 Å². The molecular weight excluding hydrogens is 296 g/mol. The van der Waals surface area contributed by atoms with Crippen molar-refractivity contribution < 1.29 is 19.1 Å². The summed E-state index contributed by atoms with van der Waals surface area (Å²) in [7, 11) is 0. The van der Waals surface area contributed by atoms with Crippen molar-refractivity contribution in [3.05, 3.63) is 0 Å². The van der Waals surface area contributed by atoms with Gasteiger partial charge in [0.15, 0.2) is 0 Å². The van der Waals surface area contributed by atoms with E-state index in [-0.39, 0.29) is 5.97 Å². The molecule has 0 bridgehead atoms. The highest BCUT2D eigenvalue weighted by molar-refractivity contribution is 5.69. The van der Waals surface area contributed by atoms with Gasteiger partial charge in [0.25, 0.3) is 0 Å². The molecule has 1 aliphatic rings. The Hall–Kier alpha value is -1.30. The molecule has 1 rings (SSSR count). The molecule has 0 aromatic carbocycles. The highest BCUT2D eigenvalue weighted by atomic mass is 16.6. The van der Waals surface area contributed by atoms with Crippen molar-refractivity contribution in [3.8, 4) is 0 Å². The molecular formula is C17H32N2O4. The number of ether oxygens (including phenoxy) is 2. The van der Waals surface area contributed by atoms with Crippen LogP contribution in [0.15, 0.2) is 0 Å². The first-order valence-electron chi connectivity index (χ1n) is 8.60. The van der Waals surface area contributed by atoms with Crippen molar-refractivity contribution >= 4 is 12.1 Å². The number of hydrogen-bond acceptors (Lipinski definition) is 5. The predicted molar refractivity (Wildman–Crippen MR) is 88.7 cm³/mol. The van der Waals surface area contributed by atoms with Gasteiger partial charge in [-0.3, -0.25) is 4.79 Å².